The first-order chi connectivity index (χ1) is 15.3. The molecule has 1 atom stereocenters. The predicted molar refractivity (Wildman–Crippen MR) is 127 cm³/mol. The number of nitrogens with one attached hydrogen (secondary N) is 1. The number of hydrogen-bond donors (Lipinski definition) is 3. The monoisotopic (exact) mass is 448 g/mol. The van der Waals surface area contributed by atoms with E-state index in [1.165, 1.54) is 18.3 Å². The SMILES string of the molecule is CC(C)C1(C)N=C(c2ncccc2C(=O)O)NC1=O.N.c1ccc(Oc2ccccc2)cc1. The van der Waals surface area contributed by atoms with Crippen LogP contribution in [0.4, 0.5) is 0 Å². The zero-order chi connectivity index (χ0) is 23.1. The van der Waals surface area contributed by atoms with Gasteiger partial charge in [-0.2, -0.15) is 0 Å². The van der Waals surface area contributed by atoms with Gasteiger partial charge >= 0.3 is 5.97 Å². The Morgan fingerprint density at radius 1 is 0.970 bits per heavy atom. The van der Waals surface area contributed by atoms with Crippen molar-refractivity contribution in [2.45, 2.75) is 26.3 Å². The van der Waals surface area contributed by atoms with Crippen molar-refractivity contribution in [1.29, 1.82) is 0 Å². The van der Waals surface area contributed by atoms with Gasteiger partial charge in [0.15, 0.2) is 5.84 Å². The number of carboxylic acid groups (broad SMARTS) is 1. The second-order valence-corrected chi connectivity index (χ2v) is 7.65. The molecular weight excluding hydrogens is 420 g/mol. The van der Waals surface area contributed by atoms with Gasteiger partial charge in [0.1, 0.15) is 22.7 Å². The van der Waals surface area contributed by atoms with Crippen molar-refractivity contribution in [2.75, 3.05) is 0 Å². The van der Waals surface area contributed by atoms with Gasteiger partial charge < -0.3 is 21.3 Å². The lowest BCUT2D eigenvalue weighted by Gasteiger charge is -2.21. The zero-order valence-electron chi connectivity index (χ0n) is 18.9. The number of aromatic nitrogens is 1. The molecule has 33 heavy (non-hydrogen) atoms. The molecule has 3 aromatic rings. The summed E-state index contributed by atoms with van der Waals surface area (Å²) in [6, 6.07) is 22.5. The molecule has 0 saturated heterocycles. The number of carbonyl (C=O) groups is 2. The van der Waals surface area contributed by atoms with Gasteiger partial charge in [0.25, 0.3) is 5.91 Å². The van der Waals surface area contributed by atoms with Gasteiger partial charge in [-0.3, -0.25) is 9.78 Å². The number of pyridine rings is 1. The second-order valence-electron chi connectivity index (χ2n) is 7.65. The van der Waals surface area contributed by atoms with E-state index in [1.54, 1.807) is 6.92 Å². The number of amides is 1. The van der Waals surface area contributed by atoms with Crippen molar-refractivity contribution >= 4 is 17.7 Å². The van der Waals surface area contributed by atoms with Crippen LogP contribution in [0.5, 0.6) is 11.5 Å². The fraction of sp³-hybridized carbons (Fsp3) is 0.200. The minimum absolute atomic E-state index is 0. The summed E-state index contributed by atoms with van der Waals surface area (Å²) in [5, 5.41) is 11.7. The van der Waals surface area contributed by atoms with Crippen molar-refractivity contribution in [3.63, 3.8) is 0 Å². The number of carbonyl (C=O) groups excluding carboxylic acids is 1. The van der Waals surface area contributed by atoms with Gasteiger partial charge in [-0.1, -0.05) is 50.2 Å². The summed E-state index contributed by atoms with van der Waals surface area (Å²) in [5.41, 5.74) is -0.676. The standard InChI is InChI=1S/C13H15N3O3.C12H10O.H3N/c1-7(2)13(3)12(19)15-10(16-13)9-8(11(17)18)5-4-6-14-9;1-3-7-11(8-4-1)13-12-9-5-2-6-10-12;/h4-7H,1-3H3,(H,17,18)(H,15,16,19);1-10H;1H3. The molecule has 1 aromatic heterocycles. The second kappa shape index (κ2) is 11.0. The van der Waals surface area contributed by atoms with E-state index in [9.17, 15) is 9.59 Å². The van der Waals surface area contributed by atoms with Crippen LogP contribution < -0.4 is 16.2 Å². The van der Waals surface area contributed by atoms with Gasteiger partial charge in [-0.15, -0.1) is 0 Å². The Labute approximate surface area is 192 Å². The molecule has 4 rings (SSSR count). The maximum Gasteiger partial charge on any atom is 0.338 e. The third-order valence-electron chi connectivity index (χ3n) is 5.14. The van der Waals surface area contributed by atoms with E-state index in [0.29, 0.717) is 0 Å². The summed E-state index contributed by atoms with van der Waals surface area (Å²) < 4.78 is 5.58. The number of ether oxygens (including phenoxy) is 1. The minimum atomic E-state index is -1.10. The van der Waals surface area contributed by atoms with Gasteiger partial charge in [0.2, 0.25) is 0 Å². The average molecular weight is 449 g/mol. The summed E-state index contributed by atoms with van der Waals surface area (Å²) in [6.45, 7) is 5.51. The zero-order valence-corrected chi connectivity index (χ0v) is 18.9. The number of para-hydroxylation sites is 2. The first-order valence-corrected chi connectivity index (χ1v) is 10.2. The van der Waals surface area contributed by atoms with Crippen LogP contribution in [0.2, 0.25) is 0 Å². The summed E-state index contributed by atoms with van der Waals surface area (Å²) in [5.74, 6) is 0.626. The third-order valence-corrected chi connectivity index (χ3v) is 5.14. The van der Waals surface area contributed by atoms with Gasteiger partial charge in [-0.25, -0.2) is 9.79 Å². The molecule has 8 heteroatoms. The lowest BCUT2D eigenvalue weighted by Crippen LogP contribution is -2.41. The summed E-state index contributed by atoms with van der Waals surface area (Å²) in [7, 11) is 0. The number of benzene rings is 2. The van der Waals surface area contributed by atoms with E-state index in [-0.39, 0.29) is 35.1 Å². The van der Waals surface area contributed by atoms with Crippen LogP contribution in [0.25, 0.3) is 0 Å². The number of rotatable bonds is 5. The van der Waals surface area contributed by atoms with E-state index < -0.39 is 11.5 Å². The Balaban J connectivity index is 0.000000241. The molecule has 0 spiro atoms. The van der Waals surface area contributed by atoms with Crippen LogP contribution in [-0.2, 0) is 4.79 Å². The maximum absolute atomic E-state index is 12.0. The number of carboxylic acids is 1. The Hall–Kier alpha value is -4.04. The largest absolute Gasteiger partial charge is 0.478 e. The van der Waals surface area contributed by atoms with Gasteiger partial charge in [0, 0.05) is 6.20 Å². The highest BCUT2D eigenvalue weighted by molar-refractivity contribution is 6.17. The summed E-state index contributed by atoms with van der Waals surface area (Å²) >= 11 is 0. The van der Waals surface area contributed by atoms with Crippen molar-refractivity contribution in [3.8, 4) is 11.5 Å². The number of nitrogens with zero attached hydrogens (tertiary/aromatic N) is 2. The molecule has 0 aliphatic carbocycles. The lowest BCUT2D eigenvalue weighted by molar-refractivity contribution is -0.124. The fourth-order valence-corrected chi connectivity index (χ4v) is 2.93. The van der Waals surface area contributed by atoms with Crippen LogP contribution >= 0.6 is 0 Å². The molecule has 5 N–H and O–H groups in total. The Morgan fingerprint density at radius 2 is 1.52 bits per heavy atom. The smallest absolute Gasteiger partial charge is 0.338 e. The number of aromatic carboxylic acids is 1. The Morgan fingerprint density at radius 3 is 1.97 bits per heavy atom. The fourth-order valence-electron chi connectivity index (χ4n) is 2.93. The van der Waals surface area contributed by atoms with Crippen molar-refractivity contribution in [1.82, 2.24) is 16.5 Å². The van der Waals surface area contributed by atoms with Crippen LogP contribution in [0, 0.1) is 5.92 Å². The van der Waals surface area contributed by atoms with Crippen LogP contribution in [0.1, 0.15) is 36.8 Å². The van der Waals surface area contributed by atoms with Crippen molar-refractivity contribution < 1.29 is 19.4 Å². The number of aliphatic imine (C=N–C) groups is 1. The molecule has 1 unspecified atom stereocenters. The molecule has 2 heterocycles. The van der Waals surface area contributed by atoms with E-state index in [2.05, 4.69) is 15.3 Å². The van der Waals surface area contributed by atoms with E-state index >= 15 is 0 Å². The molecule has 0 fully saturated rings. The molecule has 2 aromatic carbocycles. The third kappa shape index (κ3) is 6.02. The number of amidine groups is 1. The first kappa shape index (κ1) is 25.2. The first-order valence-electron chi connectivity index (χ1n) is 10.2. The van der Waals surface area contributed by atoms with Gasteiger partial charge in [0.05, 0.1) is 5.56 Å². The molecular formula is C25H28N4O4. The molecule has 172 valence electrons. The van der Waals surface area contributed by atoms with E-state index in [1.807, 2.05) is 74.5 Å². The Bertz CT molecular complexity index is 1080. The van der Waals surface area contributed by atoms with Crippen LogP contribution in [0.15, 0.2) is 84.0 Å². The quantitative estimate of drug-likeness (QED) is 0.517. The summed E-state index contributed by atoms with van der Waals surface area (Å²) in [6.07, 6.45) is 1.47. The normalized spacial score (nSPS) is 16.6. The molecule has 1 aliphatic heterocycles. The highest BCUT2D eigenvalue weighted by Crippen LogP contribution is 2.27. The van der Waals surface area contributed by atoms with Crippen LogP contribution in [0.3, 0.4) is 0 Å². The van der Waals surface area contributed by atoms with E-state index in [0.717, 1.165) is 11.5 Å². The number of hydrogen-bond acceptors (Lipinski definition) is 6. The maximum atomic E-state index is 12.0. The predicted octanol–water partition coefficient (Wildman–Crippen LogP) is 4.71. The van der Waals surface area contributed by atoms with Crippen LogP contribution in [-0.4, -0.2) is 33.3 Å². The molecule has 1 amide bonds. The highest BCUT2D eigenvalue weighted by atomic mass is 16.5. The molecule has 0 bridgehead atoms. The highest BCUT2D eigenvalue weighted by Gasteiger charge is 2.42. The van der Waals surface area contributed by atoms with Crippen molar-refractivity contribution in [3.05, 3.63) is 90.3 Å². The lowest BCUT2D eigenvalue weighted by atomic mass is 9.89. The van der Waals surface area contributed by atoms with E-state index in [4.69, 9.17) is 9.84 Å². The molecule has 8 nitrogen and oxygen atoms in total. The van der Waals surface area contributed by atoms with Gasteiger partial charge in [-0.05, 0) is 49.2 Å². The average Bonchev–Trinajstić information content (AvgIpc) is 3.11. The van der Waals surface area contributed by atoms with Crippen molar-refractivity contribution in [2.24, 2.45) is 10.9 Å². The Kier molecular flexibility index (Phi) is 8.42. The minimum Gasteiger partial charge on any atom is -0.478 e. The molecule has 0 radical (unpaired) electrons. The topological polar surface area (TPSA) is 136 Å². The molecule has 0 saturated carbocycles. The molecule has 1 aliphatic rings. The summed E-state index contributed by atoms with van der Waals surface area (Å²) in [4.78, 5) is 31.5.